The third kappa shape index (κ3) is 11.0. The number of nitrogens with two attached hydrogens (primary N) is 1. The average Bonchev–Trinajstić information content (AvgIpc) is 2.16. The molecule has 2 amide bonds. The molecule has 0 fully saturated rings. The Kier molecular flexibility index (Phi) is 12.1. The first-order valence-corrected chi connectivity index (χ1v) is 4.95. The van der Waals surface area contributed by atoms with Crippen LogP contribution in [0.25, 0.3) is 0 Å². The molecule has 0 atom stereocenters. The van der Waals surface area contributed by atoms with Gasteiger partial charge in [0.1, 0.15) is 0 Å². The van der Waals surface area contributed by atoms with Gasteiger partial charge in [-0.25, -0.2) is 0 Å². The summed E-state index contributed by atoms with van der Waals surface area (Å²) >= 11 is 6.58. The topological polar surface area (TPSA) is 115 Å². The van der Waals surface area contributed by atoms with Gasteiger partial charge in [0, 0.05) is 17.8 Å². The van der Waals surface area contributed by atoms with Crippen molar-refractivity contribution in [2.75, 3.05) is 5.32 Å². The second kappa shape index (κ2) is 10.8. The Labute approximate surface area is 158 Å². The van der Waals surface area contributed by atoms with Crippen molar-refractivity contribution < 1.29 is 67.3 Å². The van der Waals surface area contributed by atoms with E-state index >= 15 is 0 Å². The Bertz CT molecular complexity index is 446. The van der Waals surface area contributed by atoms with Gasteiger partial charge in [-0.15, -0.1) is 0 Å². The maximum Gasteiger partial charge on any atom is 1.00 e. The number of primary amides is 1. The van der Waals surface area contributed by atoms with Crippen LogP contribution in [-0.2, 0) is 0 Å². The van der Waals surface area contributed by atoms with E-state index in [-0.39, 0.29) is 58.5 Å². The van der Waals surface area contributed by atoms with Crippen molar-refractivity contribution in [2.45, 2.75) is 0 Å². The number of rotatable bonds is 2. The summed E-state index contributed by atoms with van der Waals surface area (Å²) in [5.74, 6) is 0. The van der Waals surface area contributed by atoms with Crippen LogP contribution in [0.15, 0.2) is 24.3 Å². The molecular weight excluding hydrogens is 305 g/mol. The molecule has 0 aromatic heterocycles. The molecule has 7 nitrogen and oxygen atoms in total. The molecule has 18 heavy (non-hydrogen) atoms. The molecule has 1 rings (SSSR count). The minimum atomic E-state index is -0.639. The number of nitro groups is 1. The van der Waals surface area contributed by atoms with Crippen LogP contribution in [0.4, 0.5) is 21.0 Å². The quantitative estimate of drug-likeness (QED) is 0.247. The molecule has 0 aliphatic carbocycles. The van der Waals surface area contributed by atoms with Gasteiger partial charge in [-0.2, -0.15) is 0 Å². The predicted molar refractivity (Wildman–Crippen MR) is 70.8 cm³/mol. The molecule has 0 aliphatic heterocycles. The van der Waals surface area contributed by atoms with Crippen molar-refractivity contribution >= 4 is 47.1 Å². The van der Waals surface area contributed by atoms with Gasteiger partial charge >= 0.3 is 51.4 Å². The van der Waals surface area contributed by atoms with E-state index < -0.39 is 15.4 Å². The van der Waals surface area contributed by atoms with Crippen molar-refractivity contribution in [3.05, 3.63) is 34.4 Å². The Hall–Kier alpha value is -0.104. The first-order valence-electron chi connectivity index (χ1n) is 4.05. The summed E-state index contributed by atoms with van der Waals surface area (Å²) in [6.45, 7) is 0. The molecule has 1 aromatic carbocycles. The van der Waals surface area contributed by atoms with Crippen molar-refractivity contribution in [3.8, 4) is 0 Å². The molecule has 0 bridgehead atoms. The maximum absolute atomic E-state index is 10.5. The number of nitro benzene ring substituents is 1. The van der Waals surface area contributed by atoms with Gasteiger partial charge < -0.3 is 12.5 Å². The van der Waals surface area contributed by atoms with Crippen LogP contribution < -0.4 is 62.4 Å². The van der Waals surface area contributed by atoms with E-state index in [4.69, 9.17) is 4.79 Å². The summed E-state index contributed by atoms with van der Waals surface area (Å²) in [7, 11) is 0. The Morgan fingerprint density at radius 1 is 1.39 bits per heavy atom. The fraction of sp³-hybridized carbons (Fsp3) is 0. The van der Waals surface area contributed by atoms with E-state index in [1.54, 1.807) is 6.07 Å². The van der Waals surface area contributed by atoms with E-state index in [9.17, 15) is 14.9 Å². The molecule has 0 saturated carbocycles. The summed E-state index contributed by atoms with van der Waals surface area (Å²) < 4.78 is 0. The minimum Gasteiger partial charge on any atom is -1.00 e. The fourth-order valence-corrected chi connectivity index (χ4v) is 0.950. The second-order valence-electron chi connectivity index (χ2n) is 2.58. The molecule has 1 aromatic rings. The number of nitrogens with zero attached hydrogens (tertiary/aromatic N) is 1. The maximum atomic E-state index is 10.5. The van der Waals surface area contributed by atoms with Crippen molar-refractivity contribution in [1.29, 1.82) is 0 Å². The number of carbonyl (C=O) groups excluding carboxylic acids is 2. The molecule has 0 aliphatic rings. The normalized spacial score (nSPS) is 8.11. The molecule has 0 saturated heterocycles. The molecule has 94 valence electrons. The number of anilines is 1. The van der Waals surface area contributed by atoms with Crippen LogP contribution >= 0.6 is 25.3 Å². The van der Waals surface area contributed by atoms with Gasteiger partial charge in [0.05, 0.1) is 4.92 Å². The van der Waals surface area contributed by atoms with Crippen molar-refractivity contribution in [3.63, 3.8) is 0 Å². The zero-order valence-electron chi connectivity index (χ0n) is 10.4. The van der Waals surface area contributed by atoms with Gasteiger partial charge in [-0.05, 0) is 6.07 Å². The molecule has 3 N–H and O–H groups in total. The largest absolute Gasteiger partial charge is 1.00 e. The molecular formula is C8H10KN3O4S2. The summed E-state index contributed by atoms with van der Waals surface area (Å²) in [5, 5.41) is 11.4. The monoisotopic (exact) mass is 315 g/mol. The molecule has 0 radical (unpaired) electrons. The summed E-state index contributed by atoms with van der Waals surface area (Å²) in [5.41, 5.74) is 4.62. The Morgan fingerprint density at radius 3 is 2.28 bits per heavy atom. The Balaban J connectivity index is -0.000000379. The summed E-state index contributed by atoms with van der Waals surface area (Å²) in [6.07, 6.45) is 0. The van der Waals surface area contributed by atoms with Gasteiger partial charge in [0.25, 0.3) is 16.2 Å². The zero-order valence-corrected chi connectivity index (χ0v) is 14.3. The predicted octanol–water partition coefficient (Wildman–Crippen LogP) is -0.832. The summed E-state index contributed by atoms with van der Waals surface area (Å²) in [6, 6.07) is 5.63. The number of hydrogen-bond donors (Lipinski definition) is 4. The standard InChI is InChI=1S/C7H6N2O3S.CH3NOS.K.H/c10-7(13)8-5-2-1-3-6(4-5)9(11)12;2-1(3)4;;/h1-4H,(H2,8,10,13);(H3,2,3,4);;/q;;+1;-1. The third-order valence-corrected chi connectivity index (χ3v) is 1.42. The van der Waals surface area contributed by atoms with Crippen molar-refractivity contribution in [2.24, 2.45) is 5.73 Å². The first-order chi connectivity index (χ1) is 7.82. The smallest absolute Gasteiger partial charge is 1.00 e. The van der Waals surface area contributed by atoms with E-state index in [1.807, 2.05) is 0 Å². The van der Waals surface area contributed by atoms with Crippen LogP contribution in [0.3, 0.4) is 0 Å². The number of amides is 2. The number of benzene rings is 1. The molecule has 0 unspecified atom stereocenters. The van der Waals surface area contributed by atoms with Crippen LogP contribution in [0, 0.1) is 10.1 Å². The molecule has 10 heteroatoms. The average molecular weight is 315 g/mol. The van der Waals surface area contributed by atoms with Crippen LogP contribution in [0.5, 0.6) is 0 Å². The van der Waals surface area contributed by atoms with E-state index in [1.165, 1.54) is 18.2 Å². The van der Waals surface area contributed by atoms with Crippen molar-refractivity contribution in [1.82, 2.24) is 0 Å². The van der Waals surface area contributed by atoms with Gasteiger partial charge in [-0.1, -0.05) is 31.3 Å². The second-order valence-corrected chi connectivity index (χ2v) is 3.42. The third-order valence-electron chi connectivity index (χ3n) is 1.31. The number of non-ortho nitro benzene ring substituents is 1. The van der Waals surface area contributed by atoms with Crippen LogP contribution in [0.2, 0.25) is 0 Å². The van der Waals surface area contributed by atoms with Crippen LogP contribution in [0.1, 0.15) is 1.43 Å². The summed E-state index contributed by atoms with van der Waals surface area (Å²) in [4.78, 5) is 29.3. The fourth-order valence-electron chi connectivity index (χ4n) is 0.821. The minimum absolute atomic E-state index is 0. The Morgan fingerprint density at radius 2 is 1.89 bits per heavy atom. The van der Waals surface area contributed by atoms with Gasteiger partial charge in [-0.3, -0.25) is 19.7 Å². The zero-order chi connectivity index (χ0) is 13.4. The van der Waals surface area contributed by atoms with E-state index in [2.05, 4.69) is 36.3 Å². The SMILES string of the molecule is NC(=O)S.O=C(S)Nc1cccc([N+](=O)[O-])c1.[H-].[K+]. The van der Waals surface area contributed by atoms with E-state index in [0.717, 1.165) is 0 Å². The van der Waals surface area contributed by atoms with E-state index in [0.29, 0.717) is 5.69 Å². The number of carbonyl (C=O) groups is 2. The first kappa shape index (κ1) is 20.2. The number of nitrogens with one attached hydrogen (secondary N) is 1. The number of thiol groups is 2. The molecule has 0 spiro atoms. The number of hydrogen-bond acceptors (Lipinski definition) is 4. The van der Waals surface area contributed by atoms with Gasteiger partial charge in [0.2, 0.25) is 0 Å². The molecule has 0 heterocycles. The van der Waals surface area contributed by atoms with Gasteiger partial charge in [0.15, 0.2) is 0 Å². The van der Waals surface area contributed by atoms with Crippen LogP contribution in [-0.4, -0.2) is 15.4 Å².